The monoisotopic (exact) mass is 512 g/mol. The molecule has 4 rings (SSSR count). The Bertz CT molecular complexity index is 1050. The van der Waals surface area contributed by atoms with Gasteiger partial charge >= 0.3 is 5.97 Å². The fourth-order valence-corrected chi connectivity index (χ4v) is 6.22. The number of carbonyl (C=O) groups is 1. The number of benzene rings is 2. The molecule has 0 amide bonds. The molecule has 0 N–H and O–H groups in total. The first-order valence-corrected chi connectivity index (χ1v) is 13.3. The van der Waals surface area contributed by atoms with Gasteiger partial charge in [0.25, 0.3) is 0 Å². The third-order valence-electron chi connectivity index (χ3n) is 8.30. The maximum absolute atomic E-state index is 13.5. The van der Waals surface area contributed by atoms with Gasteiger partial charge in [0.1, 0.15) is 11.6 Å². The van der Waals surface area contributed by atoms with Crippen molar-refractivity contribution in [3.63, 3.8) is 0 Å². The van der Waals surface area contributed by atoms with E-state index in [4.69, 9.17) is 9.47 Å². The molecular weight excluding hydrogens is 475 g/mol. The predicted octanol–water partition coefficient (Wildman–Crippen LogP) is 5.91. The molecule has 7 nitrogen and oxygen atoms in total. The molecule has 8 heteroatoms. The first-order chi connectivity index (χ1) is 17.9. The normalized spacial score (nSPS) is 22.7. The molecule has 0 radical (unpaired) electrons. The molecule has 2 aliphatic rings. The summed E-state index contributed by atoms with van der Waals surface area (Å²) in [6, 6.07) is 13.0. The molecule has 2 aromatic carbocycles. The Morgan fingerprint density at radius 2 is 1.76 bits per heavy atom. The zero-order valence-electron chi connectivity index (χ0n) is 21.7. The van der Waals surface area contributed by atoms with E-state index >= 15 is 0 Å². The summed E-state index contributed by atoms with van der Waals surface area (Å²) in [7, 11) is 1.55. The molecule has 0 aromatic heterocycles. The number of nitro groups is 1. The molecule has 2 aromatic rings. The summed E-state index contributed by atoms with van der Waals surface area (Å²) in [6.07, 6.45) is 5.52. The molecule has 3 atom stereocenters. The van der Waals surface area contributed by atoms with Crippen LogP contribution in [0, 0.1) is 21.3 Å². The fourth-order valence-electron chi connectivity index (χ4n) is 6.22. The molecule has 3 unspecified atom stereocenters. The van der Waals surface area contributed by atoms with Crippen molar-refractivity contribution in [3.8, 4) is 5.75 Å². The Morgan fingerprint density at radius 3 is 2.35 bits per heavy atom. The number of halogens is 1. The zero-order valence-corrected chi connectivity index (χ0v) is 21.7. The lowest BCUT2D eigenvalue weighted by Crippen LogP contribution is -2.51. The van der Waals surface area contributed by atoms with E-state index < -0.39 is 11.5 Å². The van der Waals surface area contributed by atoms with Crippen LogP contribution >= 0.6 is 0 Å². The quantitative estimate of drug-likeness (QED) is 0.236. The summed E-state index contributed by atoms with van der Waals surface area (Å²) in [5.74, 6) is 0.372. The Balaban J connectivity index is 1.54. The van der Waals surface area contributed by atoms with Crippen molar-refractivity contribution in [2.75, 3.05) is 26.8 Å². The third-order valence-corrected chi connectivity index (χ3v) is 8.30. The highest BCUT2D eigenvalue weighted by atomic mass is 19.1. The molecule has 1 aliphatic heterocycles. The van der Waals surface area contributed by atoms with Gasteiger partial charge in [0.05, 0.1) is 19.1 Å². The van der Waals surface area contributed by atoms with E-state index in [2.05, 4.69) is 4.90 Å². The number of hydrogen-bond donors (Lipinski definition) is 0. The van der Waals surface area contributed by atoms with Crippen molar-refractivity contribution in [2.45, 2.75) is 69.9 Å². The molecule has 1 heterocycles. The van der Waals surface area contributed by atoms with Gasteiger partial charge in [0, 0.05) is 22.9 Å². The van der Waals surface area contributed by atoms with Gasteiger partial charge in [-0.3, -0.25) is 19.8 Å². The summed E-state index contributed by atoms with van der Waals surface area (Å²) in [6.45, 7) is 3.36. The maximum Gasteiger partial charge on any atom is 0.312 e. The smallest absolute Gasteiger partial charge is 0.312 e. The molecule has 1 saturated carbocycles. The number of carbonyl (C=O) groups excluding carboxylic acids is 1. The SMILES string of the molecule is CCOC(=O)C1(CC(c2ccc(OC)cc2)[N+](=O)[O-])CCN(C2CCCCC2c2ccc(F)cc2)CC1. The summed E-state index contributed by atoms with van der Waals surface area (Å²) < 4.78 is 24.2. The van der Waals surface area contributed by atoms with Gasteiger partial charge in [0.15, 0.2) is 0 Å². The van der Waals surface area contributed by atoms with E-state index in [0.29, 0.717) is 49.2 Å². The van der Waals surface area contributed by atoms with Gasteiger partial charge in [-0.05, 0) is 93.6 Å². The number of nitrogens with zero attached hydrogens (tertiary/aromatic N) is 2. The molecular formula is C29H37FN2O5. The van der Waals surface area contributed by atoms with Gasteiger partial charge in [0.2, 0.25) is 6.04 Å². The topological polar surface area (TPSA) is 81.9 Å². The van der Waals surface area contributed by atoms with Crippen molar-refractivity contribution in [1.82, 2.24) is 4.90 Å². The van der Waals surface area contributed by atoms with E-state index in [1.165, 1.54) is 12.1 Å². The van der Waals surface area contributed by atoms with Crippen LogP contribution in [0.2, 0.25) is 0 Å². The van der Waals surface area contributed by atoms with Crippen LogP contribution in [0.15, 0.2) is 48.5 Å². The van der Waals surface area contributed by atoms with E-state index in [1.807, 2.05) is 12.1 Å². The first-order valence-electron chi connectivity index (χ1n) is 13.3. The van der Waals surface area contributed by atoms with E-state index in [0.717, 1.165) is 31.2 Å². The minimum Gasteiger partial charge on any atom is -0.497 e. The number of esters is 1. The predicted molar refractivity (Wildman–Crippen MR) is 139 cm³/mol. The minimum absolute atomic E-state index is 0.102. The summed E-state index contributed by atoms with van der Waals surface area (Å²) >= 11 is 0. The molecule has 1 aliphatic carbocycles. The Kier molecular flexibility index (Phi) is 8.79. The van der Waals surface area contributed by atoms with Gasteiger partial charge in [-0.15, -0.1) is 0 Å². The average molecular weight is 513 g/mol. The number of hydrogen-bond acceptors (Lipinski definition) is 6. The fraction of sp³-hybridized carbons (Fsp3) is 0.552. The number of methoxy groups -OCH3 is 1. The number of piperidine rings is 1. The van der Waals surface area contributed by atoms with Gasteiger partial charge in [-0.25, -0.2) is 4.39 Å². The second-order valence-corrected chi connectivity index (χ2v) is 10.3. The van der Waals surface area contributed by atoms with Crippen LogP contribution in [-0.4, -0.2) is 48.6 Å². The summed E-state index contributed by atoms with van der Waals surface area (Å²) in [5.41, 5.74) is 0.798. The van der Waals surface area contributed by atoms with E-state index in [9.17, 15) is 19.3 Å². The van der Waals surface area contributed by atoms with Crippen LogP contribution in [0.3, 0.4) is 0 Å². The molecule has 200 valence electrons. The highest BCUT2D eigenvalue weighted by molar-refractivity contribution is 5.77. The van der Waals surface area contributed by atoms with Crippen LogP contribution in [-0.2, 0) is 9.53 Å². The zero-order chi connectivity index (χ0) is 26.4. The largest absolute Gasteiger partial charge is 0.497 e. The second kappa shape index (κ2) is 12.0. The Labute approximate surface area is 218 Å². The number of rotatable bonds is 9. The van der Waals surface area contributed by atoms with Crippen LogP contribution in [0.5, 0.6) is 5.75 Å². The molecule has 37 heavy (non-hydrogen) atoms. The van der Waals surface area contributed by atoms with Crippen LogP contribution in [0.4, 0.5) is 4.39 Å². The van der Waals surface area contributed by atoms with Gasteiger partial charge < -0.3 is 9.47 Å². The standard InChI is InChI=1S/C29H37FN2O5/c1-3-37-28(33)29(20-27(32(34)35)22-10-14-24(36-2)15-11-22)16-18-31(19-17-29)26-7-5-4-6-25(26)21-8-12-23(30)13-9-21/h8-15,25-27H,3-7,16-20H2,1-2H3. The maximum atomic E-state index is 13.5. The lowest BCUT2D eigenvalue weighted by molar-refractivity contribution is -0.532. The van der Waals surface area contributed by atoms with Crippen molar-refractivity contribution in [1.29, 1.82) is 0 Å². The van der Waals surface area contributed by atoms with Crippen molar-refractivity contribution in [2.24, 2.45) is 5.41 Å². The lowest BCUT2D eigenvalue weighted by atomic mass is 9.71. The van der Waals surface area contributed by atoms with Crippen molar-refractivity contribution >= 4 is 5.97 Å². The first kappa shape index (κ1) is 27.0. The molecule has 0 spiro atoms. The van der Waals surface area contributed by atoms with E-state index in [1.54, 1.807) is 38.3 Å². The van der Waals surface area contributed by atoms with Crippen LogP contribution in [0.1, 0.15) is 75.0 Å². The minimum atomic E-state index is -1.01. The van der Waals surface area contributed by atoms with Crippen LogP contribution in [0.25, 0.3) is 0 Å². The van der Waals surface area contributed by atoms with Gasteiger partial charge in [-0.1, -0.05) is 25.0 Å². The van der Waals surface area contributed by atoms with Gasteiger partial charge in [-0.2, -0.15) is 0 Å². The van der Waals surface area contributed by atoms with Crippen LogP contribution < -0.4 is 4.74 Å². The molecule has 0 bridgehead atoms. The lowest BCUT2D eigenvalue weighted by Gasteiger charge is -2.46. The molecule has 2 fully saturated rings. The van der Waals surface area contributed by atoms with Crippen molar-refractivity contribution in [3.05, 3.63) is 75.6 Å². The molecule has 1 saturated heterocycles. The van der Waals surface area contributed by atoms with E-state index in [-0.39, 0.29) is 29.7 Å². The second-order valence-electron chi connectivity index (χ2n) is 10.3. The summed E-state index contributed by atoms with van der Waals surface area (Å²) in [4.78, 5) is 27.6. The number of ether oxygens (including phenoxy) is 2. The van der Waals surface area contributed by atoms with Crippen molar-refractivity contribution < 1.29 is 23.6 Å². The Morgan fingerprint density at radius 1 is 1.11 bits per heavy atom. The summed E-state index contributed by atoms with van der Waals surface area (Å²) in [5, 5.41) is 12.2. The average Bonchev–Trinajstić information content (AvgIpc) is 2.92. The highest BCUT2D eigenvalue weighted by Gasteiger charge is 2.48. The highest BCUT2D eigenvalue weighted by Crippen LogP contribution is 2.45. The number of likely N-dealkylation sites (tertiary alicyclic amines) is 1. The third kappa shape index (κ3) is 6.12. The Hall–Kier alpha value is -3.00.